The van der Waals surface area contributed by atoms with Crippen LogP contribution < -0.4 is 0 Å². The lowest BCUT2D eigenvalue weighted by atomic mass is 10.2. The van der Waals surface area contributed by atoms with E-state index in [1.165, 1.54) is 12.8 Å². The van der Waals surface area contributed by atoms with Crippen molar-refractivity contribution in [3.8, 4) is 0 Å². The molecule has 0 saturated heterocycles. The van der Waals surface area contributed by atoms with Crippen LogP contribution in [0, 0.1) is 0 Å². The van der Waals surface area contributed by atoms with E-state index in [0.29, 0.717) is 13.2 Å². The molecule has 0 heterocycles. The van der Waals surface area contributed by atoms with E-state index in [0.717, 1.165) is 96.3 Å². The summed E-state index contributed by atoms with van der Waals surface area (Å²) >= 11 is 0. The molecule has 0 aliphatic heterocycles. The van der Waals surface area contributed by atoms with E-state index in [1.807, 2.05) is 0 Å². The summed E-state index contributed by atoms with van der Waals surface area (Å²) < 4.78 is 19.7. The van der Waals surface area contributed by atoms with E-state index in [1.54, 1.807) is 0 Å². The Hall–Kier alpha value is -2.92. The first-order valence-electron chi connectivity index (χ1n) is 14.5. The molecule has 0 N–H and O–H groups in total. The van der Waals surface area contributed by atoms with Gasteiger partial charge in [-0.3, -0.25) is 0 Å². The predicted molar refractivity (Wildman–Crippen MR) is 143 cm³/mol. The first-order chi connectivity index (χ1) is 18.9. The summed E-state index contributed by atoms with van der Waals surface area (Å²) in [6.45, 7) is 4.88. The van der Waals surface area contributed by atoms with Crippen molar-refractivity contribution >= 4 is 24.4 Å². The molecule has 12 heteroatoms. The number of hydrogen-bond acceptors (Lipinski definition) is 8. The molecule has 2 aliphatic carbocycles. The highest BCUT2D eigenvalue weighted by molar-refractivity contribution is 5.73. The summed E-state index contributed by atoms with van der Waals surface area (Å²) in [5, 5.41) is 12.8. The molecule has 0 radical (unpaired) electrons. The average molecular weight is 555 g/mol. The minimum Gasteiger partial charge on any atom is -0.447 e. The average Bonchev–Trinajstić information content (AvgIpc) is 3.63. The van der Waals surface area contributed by atoms with Crippen molar-refractivity contribution in [3.63, 3.8) is 0 Å². The van der Waals surface area contributed by atoms with Gasteiger partial charge in [0, 0.05) is 0 Å². The van der Waals surface area contributed by atoms with Gasteiger partial charge in [0.1, 0.15) is 12.2 Å². The van der Waals surface area contributed by atoms with Crippen molar-refractivity contribution in [1.29, 1.82) is 0 Å². The maximum Gasteiger partial charge on any atom is 0.452 e. The Morgan fingerprint density at radius 2 is 0.846 bits per heavy atom. The lowest BCUT2D eigenvalue weighted by Gasteiger charge is -2.06. The van der Waals surface area contributed by atoms with Crippen LogP contribution >= 0.6 is 0 Å². The zero-order chi connectivity index (χ0) is 28.6. The fraction of sp³-hybridized carbons (Fsp3) is 0.852. The molecule has 0 unspecified atom stereocenters. The third kappa shape index (κ3) is 19.8. The first-order valence-corrected chi connectivity index (χ1v) is 14.5. The molecule has 2 saturated carbocycles. The molecule has 222 valence electrons. The van der Waals surface area contributed by atoms with Gasteiger partial charge in [-0.1, -0.05) is 79.3 Å². The SMILES string of the molecule is CCCCCCCOC(=O)N=NC(=O)OC1CCCC1.CCCCCCOC(=O)N=NC(=O)OC1CCCC1. The van der Waals surface area contributed by atoms with Crippen LogP contribution in [0.4, 0.5) is 19.2 Å². The van der Waals surface area contributed by atoms with Crippen molar-refractivity contribution in [2.45, 2.75) is 135 Å². The third-order valence-corrected chi connectivity index (χ3v) is 6.26. The number of amides is 4. The topological polar surface area (TPSA) is 155 Å². The molecule has 0 aromatic rings. The summed E-state index contributed by atoms with van der Waals surface area (Å²) in [5.41, 5.74) is 0. The van der Waals surface area contributed by atoms with Crippen LogP contribution in [0.1, 0.15) is 123 Å². The van der Waals surface area contributed by atoms with E-state index < -0.39 is 24.4 Å². The Balaban J connectivity index is 0.000000391. The van der Waals surface area contributed by atoms with Gasteiger partial charge in [0.05, 0.1) is 13.2 Å². The Kier molecular flexibility index (Phi) is 20.1. The molecular weight excluding hydrogens is 508 g/mol. The van der Waals surface area contributed by atoms with Crippen LogP contribution in [-0.4, -0.2) is 49.8 Å². The fourth-order valence-corrected chi connectivity index (χ4v) is 4.12. The molecule has 4 amide bonds. The van der Waals surface area contributed by atoms with Crippen LogP contribution in [0.3, 0.4) is 0 Å². The fourth-order valence-electron chi connectivity index (χ4n) is 4.12. The van der Waals surface area contributed by atoms with Crippen LogP contribution in [0.25, 0.3) is 0 Å². The van der Waals surface area contributed by atoms with Gasteiger partial charge in [-0.15, -0.1) is 0 Å². The number of carbonyl (C=O) groups is 4. The highest BCUT2D eigenvalue weighted by Gasteiger charge is 2.20. The molecule has 2 rings (SSSR count). The van der Waals surface area contributed by atoms with E-state index in [9.17, 15) is 19.2 Å². The second-order valence-electron chi connectivity index (χ2n) is 9.68. The van der Waals surface area contributed by atoms with Crippen LogP contribution in [0.2, 0.25) is 0 Å². The molecule has 0 aromatic heterocycles. The highest BCUT2D eigenvalue weighted by Crippen LogP contribution is 2.22. The largest absolute Gasteiger partial charge is 0.452 e. The van der Waals surface area contributed by atoms with Gasteiger partial charge in [0.25, 0.3) is 0 Å². The summed E-state index contributed by atoms with van der Waals surface area (Å²) in [6.07, 6.45) is 13.7. The van der Waals surface area contributed by atoms with Gasteiger partial charge in [-0.25, -0.2) is 19.2 Å². The standard InChI is InChI=1S/C14H24N2O4.C13H22N2O4/c1-2-3-4-5-8-11-19-13(17)15-16-14(18)20-12-9-6-7-10-12;1-2-3-4-7-10-18-12(16)14-15-13(17)19-11-8-5-6-9-11/h12H,2-11H2,1H3;11H,2-10H2,1H3. The van der Waals surface area contributed by atoms with Crippen molar-refractivity contribution in [3.05, 3.63) is 0 Å². The number of hydrogen-bond donors (Lipinski definition) is 0. The number of carbonyl (C=O) groups excluding carboxylic acids is 4. The third-order valence-electron chi connectivity index (χ3n) is 6.26. The normalized spacial score (nSPS) is 15.7. The van der Waals surface area contributed by atoms with E-state index in [2.05, 4.69) is 34.3 Å². The maximum absolute atomic E-state index is 11.3. The zero-order valence-corrected chi connectivity index (χ0v) is 23.6. The smallest absolute Gasteiger partial charge is 0.447 e. The summed E-state index contributed by atoms with van der Waals surface area (Å²) in [7, 11) is 0. The molecule has 0 bridgehead atoms. The van der Waals surface area contributed by atoms with Gasteiger partial charge < -0.3 is 18.9 Å². The van der Waals surface area contributed by atoms with E-state index >= 15 is 0 Å². The molecule has 0 spiro atoms. The molecule has 0 aromatic carbocycles. The van der Waals surface area contributed by atoms with Gasteiger partial charge in [0.15, 0.2) is 0 Å². The Labute approximate surface area is 231 Å². The predicted octanol–water partition coefficient (Wildman–Crippen LogP) is 8.86. The lowest BCUT2D eigenvalue weighted by molar-refractivity contribution is 0.107. The quantitative estimate of drug-likeness (QED) is 0.124. The molecule has 2 fully saturated rings. The van der Waals surface area contributed by atoms with Gasteiger partial charge in [-0.05, 0) is 64.2 Å². The molecule has 39 heavy (non-hydrogen) atoms. The van der Waals surface area contributed by atoms with Crippen molar-refractivity contribution < 1.29 is 38.1 Å². The van der Waals surface area contributed by atoms with Crippen LogP contribution in [0.15, 0.2) is 20.5 Å². The van der Waals surface area contributed by atoms with Crippen molar-refractivity contribution in [1.82, 2.24) is 0 Å². The summed E-state index contributed by atoms with van der Waals surface area (Å²) in [5.74, 6) is 0. The van der Waals surface area contributed by atoms with E-state index in [4.69, 9.17) is 18.9 Å². The number of ether oxygens (including phenoxy) is 4. The lowest BCUT2D eigenvalue weighted by Crippen LogP contribution is -2.11. The number of nitrogens with zero attached hydrogens (tertiary/aromatic N) is 4. The number of unbranched alkanes of at least 4 members (excludes halogenated alkanes) is 7. The minimum atomic E-state index is -0.833. The number of azo groups is 2. The maximum atomic E-state index is 11.3. The van der Waals surface area contributed by atoms with Crippen molar-refractivity contribution in [2.24, 2.45) is 20.5 Å². The molecule has 12 nitrogen and oxygen atoms in total. The molecule has 2 aliphatic rings. The van der Waals surface area contributed by atoms with Crippen LogP contribution in [-0.2, 0) is 18.9 Å². The number of rotatable bonds is 13. The van der Waals surface area contributed by atoms with Crippen LogP contribution in [0.5, 0.6) is 0 Å². The zero-order valence-electron chi connectivity index (χ0n) is 23.6. The second kappa shape index (κ2) is 23.0. The van der Waals surface area contributed by atoms with Crippen molar-refractivity contribution in [2.75, 3.05) is 13.2 Å². The highest BCUT2D eigenvalue weighted by atomic mass is 16.6. The minimum absolute atomic E-state index is 0.0727. The molecular formula is C27H46N4O8. The van der Waals surface area contributed by atoms with E-state index in [-0.39, 0.29) is 12.2 Å². The van der Waals surface area contributed by atoms with Gasteiger partial charge in [-0.2, -0.15) is 0 Å². The Bertz CT molecular complexity index is 763. The second-order valence-corrected chi connectivity index (χ2v) is 9.68. The Morgan fingerprint density at radius 3 is 1.23 bits per heavy atom. The molecule has 0 atom stereocenters. The van der Waals surface area contributed by atoms with Gasteiger partial charge in [0.2, 0.25) is 0 Å². The summed E-state index contributed by atoms with van der Waals surface area (Å²) in [6, 6.07) is 0. The Morgan fingerprint density at radius 1 is 0.513 bits per heavy atom. The first kappa shape index (κ1) is 34.1. The monoisotopic (exact) mass is 554 g/mol. The summed E-state index contributed by atoms with van der Waals surface area (Å²) in [4.78, 5) is 44.8. The van der Waals surface area contributed by atoms with Gasteiger partial charge >= 0.3 is 24.4 Å².